The number of nitrogens with two attached hydrogens (primary N) is 1. The standard InChI is InChI=1S/C15H15F2N7O6S2/c1-29-22-7(10-21-15(18)32-23-10)11(25)20-8-12(26)24-9(14(27)28)5(4-31-13(8)24)3-30-19-2-6(16)17/h2,6,8,13H,3-4H2,1H3,(H,20,25)(H,27,28)(H2,18,21,23)/b19-2?,22-7-/t8-,13-/m1/s1. The zero-order valence-electron chi connectivity index (χ0n) is 16.1. The number of carboxylic acids is 1. The van der Waals surface area contributed by atoms with Crippen LogP contribution in [0.15, 0.2) is 21.6 Å². The van der Waals surface area contributed by atoms with Gasteiger partial charge in [0.1, 0.15) is 37.0 Å². The molecule has 1 aromatic heterocycles. The molecule has 2 aliphatic heterocycles. The molecule has 3 heterocycles. The summed E-state index contributed by atoms with van der Waals surface area (Å²) in [7, 11) is 1.20. The van der Waals surface area contributed by atoms with Gasteiger partial charge in [0.2, 0.25) is 11.5 Å². The number of hydrogen-bond donors (Lipinski definition) is 3. The van der Waals surface area contributed by atoms with Crippen molar-refractivity contribution in [3.05, 3.63) is 17.1 Å². The van der Waals surface area contributed by atoms with Crippen LogP contribution in [-0.2, 0) is 24.1 Å². The highest BCUT2D eigenvalue weighted by molar-refractivity contribution is 8.00. The summed E-state index contributed by atoms with van der Waals surface area (Å²) >= 11 is 1.99. The first-order chi connectivity index (χ1) is 15.2. The van der Waals surface area contributed by atoms with E-state index in [1.165, 1.54) is 7.11 Å². The van der Waals surface area contributed by atoms with Gasteiger partial charge in [0.25, 0.3) is 18.2 Å². The van der Waals surface area contributed by atoms with Crippen LogP contribution in [0.25, 0.3) is 0 Å². The number of anilines is 1. The minimum atomic E-state index is -2.82. The highest BCUT2D eigenvalue weighted by Crippen LogP contribution is 2.40. The predicted octanol–water partition coefficient (Wildman–Crippen LogP) is -0.523. The Kier molecular flexibility index (Phi) is 7.18. The number of β-lactam (4-membered cyclic amide) rings is 1. The molecule has 17 heteroatoms. The Hall–Kier alpha value is -3.34. The summed E-state index contributed by atoms with van der Waals surface area (Å²) in [4.78, 5) is 51.2. The number of nitrogens with zero attached hydrogens (tertiary/aromatic N) is 5. The van der Waals surface area contributed by atoms with Gasteiger partial charge in [0.05, 0.1) is 0 Å². The van der Waals surface area contributed by atoms with E-state index in [1.807, 2.05) is 0 Å². The number of alkyl halides is 2. The molecule has 1 aromatic rings. The number of halogens is 2. The Morgan fingerprint density at radius 1 is 1.50 bits per heavy atom. The highest BCUT2D eigenvalue weighted by Gasteiger charge is 2.54. The number of hydrogen-bond acceptors (Lipinski definition) is 12. The molecule has 1 fully saturated rings. The molecule has 0 saturated carbocycles. The molecule has 0 bridgehead atoms. The van der Waals surface area contributed by atoms with Gasteiger partial charge in [0, 0.05) is 22.9 Å². The number of thioether (sulfide) groups is 1. The average molecular weight is 491 g/mol. The van der Waals surface area contributed by atoms with Crippen molar-refractivity contribution in [2.75, 3.05) is 25.2 Å². The van der Waals surface area contributed by atoms with Crippen molar-refractivity contribution in [3.63, 3.8) is 0 Å². The van der Waals surface area contributed by atoms with Gasteiger partial charge in [-0.2, -0.15) is 9.36 Å². The Morgan fingerprint density at radius 3 is 2.84 bits per heavy atom. The molecular formula is C15H15F2N7O6S2. The van der Waals surface area contributed by atoms with E-state index >= 15 is 0 Å². The molecule has 13 nitrogen and oxygen atoms in total. The van der Waals surface area contributed by atoms with E-state index in [4.69, 9.17) is 10.6 Å². The van der Waals surface area contributed by atoms with E-state index in [0.717, 1.165) is 28.2 Å². The second-order valence-corrected chi connectivity index (χ2v) is 7.95. The van der Waals surface area contributed by atoms with Crippen LogP contribution < -0.4 is 11.1 Å². The van der Waals surface area contributed by atoms with Gasteiger partial charge in [-0.05, 0) is 0 Å². The molecule has 172 valence electrons. The molecule has 0 spiro atoms. The molecule has 2 atom stereocenters. The number of nitrogen functional groups attached to an aromatic ring is 1. The molecule has 0 aliphatic carbocycles. The highest BCUT2D eigenvalue weighted by atomic mass is 32.2. The first-order valence-corrected chi connectivity index (χ1v) is 10.4. The second-order valence-electron chi connectivity index (χ2n) is 6.06. The largest absolute Gasteiger partial charge is 0.477 e. The number of aromatic nitrogens is 2. The minimum Gasteiger partial charge on any atom is -0.477 e. The fourth-order valence-corrected chi connectivity index (χ4v) is 4.58. The average Bonchev–Trinajstić information content (AvgIpc) is 3.17. The number of oxime groups is 2. The predicted molar refractivity (Wildman–Crippen MR) is 108 cm³/mol. The van der Waals surface area contributed by atoms with E-state index in [9.17, 15) is 28.3 Å². The molecule has 2 aliphatic rings. The maximum absolute atomic E-state index is 12.6. The lowest BCUT2D eigenvalue weighted by atomic mass is 10.0. The minimum absolute atomic E-state index is 0.0919. The van der Waals surface area contributed by atoms with Crippen LogP contribution in [-0.4, -0.2) is 86.4 Å². The van der Waals surface area contributed by atoms with Crippen LogP contribution in [0.4, 0.5) is 13.9 Å². The van der Waals surface area contributed by atoms with Gasteiger partial charge in [-0.15, -0.1) is 11.8 Å². The van der Waals surface area contributed by atoms with Crippen molar-refractivity contribution in [1.82, 2.24) is 19.6 Å². The summed E-state index contributed by atoms with van der Waals surface area (Å²) in [5.41, 5.74) is 5.02. The number of aliphatic carboxylic acids is 1. The fraction of sp³-hybridized carbons (Fsp3) is 0.400. The maximum Gasteiger partial charge on any atom is 0.352 e. The lowest BCUT2D eigenvalue weighted by molar-refractivity contribution is -0.150. The van der Waals surface area contributed by atoms with E-state index in [0.29, 0.717) is 0 Å². The Bertz CT molecular complexity index is 1010. The zero-order chi connectivity index (χ0) is 23.4. The SMILES string of the molecule is CO/N=C(\C(=O)N[C@@H]1C(=O)N2C(C(=O)O)=C(CON=CC(F)F)CS[C@H]12)c1nsc(N)n1. The van der Waals surface area contributed by atoms with Crippen LogP contribution in [0.2, 0.25) is 0 Å². The van der Waals surface area contributed by atoms with Crippen molar-refractivity contribution >= 4 is 58.1 Å². The number of carbonyl (C=O) groups excluding carboxylic acids is 2. The molecule has 0 unspecified atom stereocenters. The van der Waals surface area contributed by atoms with Crippen LogP contribution in [0.5, 0.6) is 0 Å². The Labute approximate surface area is 186 Å². The quantitative estimate of drug-likeness (QED) is 0.231. The lowest BCUT2D eigenvalue weighted by Gasteiger charge is -2.49. The number of rotatable bonds is 9. The van der Waals surface area contributed by atoms with E-state index in [2.05, 4.69) is 29.8 Å². The number of carbonyl (C=O) groups is 3. The molecule has 0 aromatic carbocycles. The first-order valence-electron chi connectivity index (χ1n) is 8.59. The van der Waals surface area contributed by atoms with Gasteiger partial charge in [-0.25, -0.2) is 13.6 Å². The van der Waals surface area contributed by atoms with Gasteiger partial charge in [-0.1, -0.05) is 10.3 Å². The van der Waals surface area contributed by atoms with Crippen LogP contribution in [0.1, 0.15) is 5.82 Å². The van der Waals surface area contributed by atoms with E-state index in [1.54, 1.807) is 0 Å². The Balaban J connectivity index is 1.73. The number of amides is 2. The van der Waals surface area contributed by atoms with Crippen LogP contribution in [0, 0.1) is 0 Å². The summed E-state index contributed by atoms with van der Waals surface area (Å²) in [6, 6.07) is -1.06. The topological polar surface area (TPSA) is 182 Å². The summed E-state index contributed by atoms with van der Waals surface area (Å²) in [5.74, 6) is -2.91. The molecule has 1 saturated heterocycles. The van der Waals surface area contributed by atoms with Crippen molar-refractivity contribution < 1.29 is 37.9 Å². The molecule has 3 rings (SSSR count). The molecule has 2 amide bonds. The molecule has 0 radical (unpaired) electrons. The molecule has 32 heavy (non-hydrogen) atoms. The van der Waals surface area contributed by atoms with Gasteiger partial charge < -0.3 is 25.8 Å². The Morgan fingerprint density at radius 2 is 2.25 bits per heavy atom. The first kappa shape index (κ1) is 23.3. The number of nitrogens with one attached hydrogen (secondary N) is 1. The van der Waals surface area contributed by atoms with E-state index < -0.39 is 42.2 Å². The zero-order valence-corrected chi connectivity index (χ0v) is 17.7. The van der Waals surface area contributed by atoms with Crippen molar-refractivity contribution in [2.24, 2.45) is 10.3 Å². The summed E-state index contributed by atoms with van der Waals surface area (Å²) in [6.45, 7) is -0.396. The third kappa shape index (κ3) is 4.77. The lowest BCUT2D eigenvalue weighted by Crippen LogP contribution is -2.71. The second kappa shape index (κ2) is 9.86. The normalized spacial score (nSPS) is 20.9. The van der Waals surface area contributed by atoms with Crippen LogP contribution in [0.3, 0.4) is 0 Å². The fourth-order valence-electron chi connectivity index (χ4n) is 2.81. The smallest absolute Gasteiger partial charge is 0.352 e. The van der Waals surface area contributed by atoms with Gasteiger partial charge in [-0.3, -0.25) is 14.5 Å². The molecular weight excluding hydrogens is 476 g/mol. The summed E-state index contributed by atoms with van der Waals surface area (Å²) in [5, 5.41) is 18.0. The third-order valence-electron chi connectivity index (χ3n) is 4.07. The third-order valence-corrected chi connectivity index (χ3v) is 5.96. The monoisotopic (exact) mass is 491 g/mol. The number of carboxylic acid groups (broad SMARTS) is 1. The van der Waals surface area contributed by atoms with E-state index in [-0.39, 0.29) is 39.9 Å². The number of fused-ring (bicyclic) bond motifs is 1. The molecule has 4 N–H and O–H groups in total. The summed E-state index contributed by atoms with van der Waals surface area (Å²) < 4.78 is 28.0. The van der Waals surface area contributed by atoms with Crippen molar-refractivity contribution in [2.45, 2.75) is 17.8 Å². The van der Waals surface area contributed by atoms with Crippen molar-refractivity contribution in [1.29, 1.82) is 0 Å². The van der Waals surface area contributed by atoms with Crippen LogP contribution >= 0.6 is 23.3 Å². The van der Waals surface area contributed by atoms with Crippen molar-refractivity contribution in [3.8, 4) is 0 Å². The maximum atomic E-state index is 12.6. The van der Waals surface area contributed by atoms with Gasteiger partial charge >= 0.3 is 5.97 Å². The van der Waals surface area contributed by atoms with Gasteiger partial charge in [0.15, 0.2) is 5.13 Å². The summed E-state index contributed by atoms with van der Waals surface area (Å²) in [6.07, 6.45) is -2.57.